The smallest absolute Gasteiger partial charge is 0.324 e. The molecule has 1 rings (SSSR count). The lowest BCUT2D eigenvalue weighted by Crippen LogP contribution is -2.57. The first-order valence-corrected chi connectivity index (χ1v) is 8.02. The summed E-state index contributed by atoms with van der Waals surface area (Å²) in [6.45, 7) is 5.43. The number of nitrogens with one attached hydrogen (secondary N) is 1. The van der Waals surface area contributed by atoms with Crippen molar-refractivity contribution in [2.45, 2.75) is 25.8 Å². The Morgan fingerprint density at radius 1 is 1.39 bits per heavy atom. The Bertz CT molecular complexity index is 396. The van der Waals surface area contributed by atoms with Crippen molar-refractivity contribution in [1.29, 1.82) is 0 Å². The number of carboxylic acids is 1. The zero-order valence-corrected chi connectivity index (χ0v) is 11.8. The standard InChI is InChI=1S/C11H22N2O4S/c1-3-12-11(2,10(14)15)9-13-5-4-7-18(16,17)8-6-13/h12H,3-9H2,1-2H3,(H,14,15). The van der Waals surface area contributed by atoms with E-state index in [1.807, 2.05) is 11.8 Å². The summed E-state index contributed by atoms with van der Waals surface area (Å²) in [6, 6.07) is 0. The van der Waals surface area contributed by atoms with Crippen LogP contribution in [-0.4, -0.2) is 67.6 Å². The highest BCUT2D eigenvalue weighted by molar-refractivity contribution is 7.91. The van der Waals surface area contributed by atoms with E-state index in [2.05, 4.69) is 5.32 Å². The van der Waals surface area contributed by atoms with Crippen LogP contribution in [0.1, 0.15) is 20.3 Å². The fourth-order valence-electron chi connectivity index (χ4n) is 2.18. The lowest BCUT2D eigenvalue weighted by molar-refractivity contribution is -0.145. The topological polar surface area (TPSA) is 86.7 Å². The minimum absolute atomic E-state index is 0.120. The molecule has 1 atom stereocenters. The Hall–Kier alpha value is -0.660. The van der Waals surface area contributed by atoms with Gasteiger partial charge in [-0.2, -0.15) is 0 Å². The maximum atomic E-state index is 11.5. The van der Waals surface area contributed by atoms with Crippen molar-refractivity contribution in [2.75, 3.05) is 37.7 Å². The fourth-order valence-corrected chi connectivity index (χ4v) is 3.49. The van der Waals surface area contributed by atoms with Crippen LogP contribution < -0.4 is 5.32 Å². The molecule has 0 radical (unpaired) electrons. The van der Waals surface area contributed by atoms with Crippen LogP contribution in [0.3, 0.4) is 0 Å². The lowest BCUT2D eigenvalue weighted by Gasteiger charge is -2.32. The summed E-state index contributed by atoms with van der Waals surface area (Å²) in [5, 5.41) is 12.2. The minimum Gasteiger partial charge on any atom is -0.480 e. The van der Waals surface area contributed by atoms with E-state index in [0.29, 0.717) is 32.6 Å². The van der Waals surface area contributed by atoms with Crippen molar-refractivity contribution in [3.63, 3.8) is 0 Å². The third-order valence-electron chi connectivity index (χ3n) is 3.23. The number of aliphatic carboxylic acids is 1. The summed E-state index contributed by atoms with van der Waals surface area (Å²) < 4.78 is 23.0. The van der Waals surface area contributed by atoms with Gasteiger partial charge in [-0.15, -0.1) is 0 Å². The summed E-state index contributed by atoms with van der Waals surface area (Å²) >= 11 is 0. The molecule has 0 aromatic rings. The summed E-state index contributed by atoms with van der Waals surface area (Å²) in [7, 11) is -2.95. The maximum absolute atomic E-state index is 11.5. The van der Waals surface area contributed by atoms with Crippen molar-refractivity contribution in [3.8, 4) is 0 Å². The summed E-state index contributed by atoms with van der Waals surface area (Å²) in [5.74, 6) is -0.583. The maximum Gasteiger partial charge on any atom is 0.324 e. The number of hydrogen-bond acceptors (Lipinski definition) is 5. The van der Waals surface area contributed by atoms with Gasteiger partial charge >= 0.3 is 5.97 Å². The largest absolute Gasteiger partial charge is 0.480 e. The van der Waals surface area contributed by atoms with E-state index < -0.39 is 21.3 Å². The number of sulfone groups is 1. The van der Waals surface area contributed by atoms with E-state index in [1.165, 1.54) is 0 Å². The Morgan fingerprint density at radius 3 is 2.61 bits per heavy atom. The molecule has 2 N–H and O–H groups in total. The lowest BCUT2D eigenvalue weighted by atomic mass is 10.0. The van der Waals surface area contributed by atoms with Gasteiger partial charge in [-0.1, -0.05) is 6.92 Å². The second kappa shape index (κ2) is 5.99. The summed E-state index contributed by atoms with van der Waals surface area (Å²) in [4.78, 5) is 13.2. The minimum atomic E-state index is -2.95. The van der Waals surface area contributed by atoms with Crippen molar-refractivity contribution >= 4 is 15.8 Å². The molecule has 0 spiro atoms. The molecule has 0 bridgehead atoms. The monoisotopic (exact) mass is 278 g/mol. The zero-order chi connectivity index (χ0) is 13.8. The Morgan fingerprint density at radius 2 is 2.06 bits per heavy atom. The number of carbonyl (C=O) groups is 1. The molecule has 1 aliphatic rings. The first-order chi connectivity index (χ1) is 8.29. The molecule has 1 unspecified atom stereocenters. The average molecular weight is 278 g/mol. The molecule has 6 nitrogen and oxygen atoms in total. The van der Waals surface area contributed by atoms with Crippen LogP contribution >= 0.6 is 0 Å². The third-order valence-corrected chi connectivity index (χ3v) is 4.94. The van der Waals surface area contributed by atoms with Gasteiger partial charge in [0.2, 0.25) is 0 Å². The normalized spacial score (nSPS) is 24.1. The van der Waals surface area contributed by atoms with Gasteiger partial charge in [0.05, 0.1) is 11.5 Å². The predicted molar refractivity (Wildman–Crippen MR) is 69.4 cm³/mol. The van der Waals surface area contributed by atoms with Crippen molar-refractivity contribution in [3.05, 3.63) is 0 Å². The molecule has 1 heterocycles. The van der Waals surface area contributed by atoms with Crippen LogP contribution in [0.4, 0.5) is 0 Å². The van der Waals surface area contributed by atoms with Crippen LogP contribution in [0, 0.1) is 0 Å². The summed E-state index contributed by atoms with van der Waals surface area (Å²) in [5.41, 5.74) is -1.02. The van der Waals surface area contributed by atoms with Crippen LogP contribution in [0.2, 0.25) is 0 Å². The van der Waals surface area contributed by atoms with Gasteiger partial charge in [-0.05, 0) is 26.4 Å². The number of likely N-dealkylation sites (N-methyl/N-ethyl adjacent to an activating group) is 1. The Kier molecular flexibility index (Phi) is 5.12. The molecule has 1 saturated heterocycles. The number of hydrogen-bond donors (Lipinski definition) is 2. The van der Waals surface area contributed by atoms with Gasteiger partial charge in [0.25, 0.3) is 0 Å². The first kappa shape index (κ1) is 15.4. The van der Waals surface area contributed by atoms with Crippen molar-refractivity contribution < 1.29 is 18.3 Å². The predicted octanol–water partition coefficient (Wildman–Crippen LogP) is -0.440. The van der Waals surface area contributed by atoms with Crippen molar-refractivity contribution in [2.24, 2.45) is 0 Å². The highest BCUT2D eigenvalue weighted by Gasteiger charge is 2.35. The molecular formula is C11H22N2O4S. The Balaban J connectivity index is 2.68. The molecular weight excluding hydrogens is 256 g/mol. The highest BCUT2D eigenvalue weighted by atomic mass is 32.2. The van der Waals surface area contributed by atoms with Crippen LogP contribution in [0.15, 0.2) is 0 Å². The third kappa shape index (κ3) is 4.22. The van der Waals surface area contributed by atoms with Gasteiger partial charge in [0.15, 0.2) is 9.84 Å². The molecule has 7 heteroatoms. The van der Waals surface area contributed by atoms with Gasteiger partial charge in [0.1, 0.15) is 5.54 Å². The van der Waals surface area contributed by atoms with Crippen molar-refractivity contribution in [1.82, 2.24) is 10.2 Å². The van der Waals surface area contributed by atoms with Gasteiger partial charge in [-0.25, -0.2) is 8.42 Å². The number of rotatable bonds is 5. The highest BCUT2D eigenvalue weighted by Crippen LogP contribution is 2.11. The van der Waals surface area contributed by atoms with Crippen LogP contribution in [0.5, 0.6) is 0 Å². The van der Waals surface area contributed by atoms with E-state index in [1.54, 1.807) is 6.92 Å². The molecule has 1 aliphatic heterocycles. The van der Waals surface area contributed by atoms with Gasteiger partial charge in [-0.3, -0.25) is 9.69 Å². The zero-order valence-electron chi connectivity index (χ0n) is 11.0. The molecule has 18 heavy (non-hydrogen) atoms. The van der Waals surface area contributed by atoms with Crippen LogP contribution in [0.25, 0.3) is 0 Å². The molecule has 0 aromatic carbocycles. The molecule has 106 valence electrons. The molecule has 0 aliphatic carbocycles. The molecule has 0 amide bonds. The van der Waals surface area contributed by atoms with E-state index >= 15 is 0 Å². The van der Waals surface area contributed by atoms with Gasteiger partial charge in [0, 0.05) is 13.1 Å². The molecule has 1 fully saturated rings. The van der Waals surface area contributed by atoms with E-state index in [-0.39, 0.29) is 11.5 Å². The molecule has 0 aromatic heterocycles. The van der Waals surface area contributed by atoms with Gasteiger partial charge < -0.3 is 10.4 Å². The number of nitrogens with zero attached hydrogens (tertiary/aromatic N) is 1. The Labute approximate surface area is 108 Å². The SMILES string of the molecule is CCNC(C)(CN1CCCS(=O)(=O)CC1)C(=O)O. The fraction of sp³-hybridized carbons (Fsp3) is 0.909. The molecule has 0 saturated carbocycles. The summed E-state index contributed by atoms with van der Waals surface area (Å²) in [6.07, 6.45) is 0.574. The van der Waals surface area contributed by atoms with E-state index in [4.69, 9.17) is 0 Å². The quantitative estimate of drug-likeness (QED) is 0.709. The van der Waals surface area contributed by atoms with E-state index in [0.717, 1.165) is 0 Å². The second-order valence-corrected chi connectivity index (χ2v) is 7.25. The second-order valence-electron chi connectivity index (χ2n) is 4.95. The van der Waals surface area contributed by atoms with Crippen LogP contribution in [-0.2, 0) is 14.6 Å². The first-order valence-electron chi connectivity index (χ1n) is 6.20. The van der Waals surface area contributed by atoms with E-state index in [9.17, 15) is 18.3 Å². The number of carboxylic acid groups (broad SMARTS) is 1. The average Bonchev–Trinajstić information content (AvgIpc) is 2.40.